The molecule has 0 atom stereocenters. The van der Waals surface area contributed by atoms with Gasteiger partial charge in [-0.2, -0.15) is 0 Å². The van der Waals surface area contributed by atoms with Crippen molar-refractivity contribution >= 4 is 5.82 Å². The van der Waals surface area contributed by atoms with Gasteiger partial charge >= 0.3 is 0 Å². The standard InChI is InChI=1S/C22H29N5O2/c1-4-23-21-20-22(27(5-2)14-24-21)26-19(25-20)13-15-10-11-17(28-3)18(12-15)29-16-8-6-7-9-16/h10-12,14,16,23H,4-9,13H2,1-3H3. The van der Waals surface area contributed by atoms with Crippen LogP contribution in [-0.4, -0.2) is 39.3 Å². The molecule has 1 fully saturated rings. The zero-order valence-corrected chi connectivity index (χ0v) is 17.4. The molecule has 1 aromatic carbocycles. The molecule has 3 aliphatic rings. The molecule has 29 heavy (non-hydrogen) atoms. The number of nitrogens with one attached hydrogen (secondary N) is 1. The molecule has 154 valence electrons. The summed E-state index contributed by atoms with van der Waals surface area (Å²) in [5, 5.41) is 3.28. The van der Waals surface area contributed by atoms with Crippen molar-refractivity contribution in [3.63, 3.8) is 0 Å². The highest BCUT2D eigenvalue weighted by atomic mass is 16.5. The van der Waals surface area contributed by atoms with Crippen LogP contribution in [0.5, 0.6) is 11.5 Å². The lowest BCUT2D eigenvalue weighted by Gasteiger charge is -2.16. The Hall–Kier alpha value is -2.83. The van der Waals surface area contributed by atoms with Gasteiger partial charge in [0.05, 0.1) is 19.5 Å². The number of imidazole rings is 1. The lowest BCUT2D eigenvalue weighted by molar-refractivity contribution is 0.200. The Labute approximate surface area is 171 Å². The van der Waals surface area contributed by atoms with E-state index in [0.717, 1.165) is 66.2 Å². The fourth-order valence-corrected chi connectivity index (χ4v) is 3.88. The van der Waals surface area contributed by atoms with Crippen LogP contribution in [0.25, 0.3) is 11.5 Å². The average molecular weight is 396 g/mol. The van der Waals surface area contributed by atoms with Gasteiger partial charge in [-0.15, -0.1) is 0 Å². The molecule has 0 bridgehead atoms. The molecule has 0 aromatic heterocycles. The van der Waals surface area contributed by atoms with Crippen LogP contribution < -0.4 is 14.8 Å². The zero-order chi connectivity index (χ0) is 20.2. The van der Waals surface area contributed by atoms with E-state index >= 15 is 0 Å². The molecule has 4 rings (SSSR count). The number of anilines is 1. The topological polar surface area (TPSA) is 74.1 Å². The number of aryl methyl sites for hydroxylation is 1. The van der Waals surface area contributed by atoms with E-state index in [1.807, 2.05) is 17.0 Å². The number of hydrogen-bond donors (Lipinski definition) is 1. The minimum absolute atomic E-state index is 0.286. The fraction of sp³-hybridized carbons (Fsp3) is 0.500. The van der Waals surface area contributed by atoms with Gasteiger partial charge in [-0.3, -0.25) is 0 Å². The number of methoxy groups -OCH3 is 1. The van der Waals surface area contributed by atoms with Crippen LogP contribution in [0, 0.1) is 0 Å². The number of aromatic nitrogens is 4. The molecule has 1 saturated carbocycles. The summed E-state index contributed by atoms with van der Waals surface area (Å²) in [5.74, 6) is 4.02. The molecular formula is C22H29N5O2. The molecule has 2 aliphatic heterocycles. The number of fused-ring (bicyclic) bond motifs is 1. The molecule has 1 aliphatic carbocycles. The number of nitrogens with zero attached hydrogens (tertiary/aromatic N) is 4. The quantitative estimate of drug-likeness (QED) is 0.618. The van der Waals surface area contributed by atoms with Crippen molar-refractivity contribution in [3.05, 3.63) is 35.9 Å². The maximum atomic E-state index is 6.23. The van der Waals surface area contributed by atoms with Crippen molar-refractivity contribution in [2.24, 2.45) is 0 Å². The van der Waals surface area contributed by atoms with E-state index in [1.54, 1.807) is 7.11 Å². The van der Waals surface area contributed by atoms with Crippen molar-refractivity contribution in [2.75, 3.05) is 19.0 Å². The highest BCUT2D eigenvalue weighted by molar-refractivity contribution is 5.67. The van der Waals surface area contributed by atoms with Crippen molar-refractivity contribution in [3.8, 4) is 23.0 Å². The molecule has 2 heterocycles. The first-order valence-corrected chi connectivity index (χ1v) is 10.5. The molecule has 1 N–H and O–H groups in total. The van der Waals surface area contributed by atoms with Crippen LogP contribution in [0.3, 0.4) is 0 Å². The molecule has 0 saturated heterocycles. The second-order valence-electron chi connectivity index (χ2n) is 7.41. The summed E-state index contributed by atoms with van der Waals surface area (Å²) >= 11 is 0. The van der Waals surface area contributed by atoms with Crippen LogP contribution in [0.2, 0.25) is 0 Å². The molecule has 0 unspecified atom stereocenters. The van der Waals surface area contributed by atoms with Crippen molar-refractivity contribution in [1.82, 2.24) is 19.5 Å². The third-order valence-electron chi connectivity index (χ3n) is 5.38. The van der Waals surface area contributed by atoms with E-state index in [-0.39, 0.29) is 6.10 Å². The molecular weight excluding hydrogens is 366 g/mol. The third-order valence-corrected chi connectivity index (χ3v) is 5.38. The minimum Gasteiger partial charge on any atom is -0.493 e. The Bertz CT molecular complexity index is 933. The summed E-state index contributed by atoms with van der Waals surface area (Å²) in [6.45, 7) is 5.73. The molecule has 7 heteroatoms. The highest BCUT2D eigenvalue weighted by Crippen LogP contribution is 2.33. The Balaban J connectivity index is 1.62. The maximum Gasteiger partial charge on any atom is 0.165 e. The van der Waals surface area contributed by atoms with E-state index in [4.69, 9.17) is 19.4 Å². The van der Waals surface area contributed by atoms with Gasteiger partial charge < -0.3 is 19.4 Å². The fourth-order valence-electron chi connectivity index (χ4n) is 3.88. The summed E-state index contributed by atoms with van der Waals surface area (Å²) < 4.78 is 13.8. The first-order chi connectivity index (χ1) is 14.2. The van der Waals surface area contributed by atoms with Gasteiger partial charge in [-0.05, 0) is 57.2 Å². The van der Waals surface area contributed by atoms with Crippen molar-refractivity contribution in [1.29, 1.82) is 0 Å². The van der Waals surface area contributed by atoms with Crippen LogP contribution >= 0.6 is 0 Å². The maximum absolute atomic E-state index is 6.23. The van der Waals surface area contributed by atoms with Crippen LogP contribution in [0.15, 0.2) is 24.5 Å². The lowest BCUT2D eigenvalue weighted by Crippen LogP contribution is -2.11. The van der Waals surface area contributed by atoms with Crippen molar-refractivity contribution < 1.29 is 9.47 Å². The second kappa shape index (κ2) is 8.68. The van der Waals surface area contributed by atoms with Gasteiger partial charge in [0.25, 0.3) is 0 Å². The largest absolute Gasteiger partial charge is 0.493 e. The number of rotatable bonds is 8. The Morgan fingerprint density at radius 3 is 2.69 bits per heavy atom. The van der Waals surface area contributed by atoms with Crippen LogP contribution in [0.1, 0.15) is 50.9 Å². The molecule has 1 aromatic rings. The predicted molar refractivity (Wildman–Crippen MR) is 113 cm³/mol. The molecule has 0 radical (unpaired) electrons. The predicted octanol–water partition coefficient (Wildman–Crippen LogP) is 4.15. The lowest BCUT2D eigenvalue weighted by atomic mass is 10.1. The van der Waals surface area contributed by atoms with Crippen LogP contribution in [-0.2, 0) is 13.0 Å². The zero-order valence-electron chi connectivity index (χ0n) is 17.4. The Morgan fingerprint density at radius 2 is 1.97 bits per heavy atom. The van der Waals surface area contributed by atoms with Crippen molar-refractivity contribution in [2.45, 2.75) is 58.6 Å². The smallest absolute Gasteiger partial charge is 0.165 e. The Morgan fingerprint density at radius 1 is 1.14 bits per heavy atom. The summed E-state index contributed by atoms with van der Waals surface area (Å²) in [6, 6.07) is 6.09. The van der Waals surface area contributed by atoms with Gasteiger partial charge in [0.1, 0.15) is 5.82 Å². The van der Waals surface area contributed by atoms with Gasteiger partial charge in [-0.25, -0.2) is 15.0 Å². The van der Waals surface area contributed by atoms with E-state index in [1.165, 1.54) is 12.8 Å². The number of benzene rings is 1. The summed E-state index contributed by atoms with van der Waals surface area (Å²) in [7, 11) is 1.68. The molecule has 7 nitrogen and oxygen atoms in total. The van der Waals surface area contributed by atoms with Crippen LogP contribution in [0.4, 0.5) is 5.82 Å². The van der Waals surface area contributed by atoms with E-state index in [0.29, 0.717) is 6.42 Å². The Kier molecular flexibility index (Phi) is 5.83. The first kappa shape index (κ1) is 19.5. The summed E-state index contributed by atoms with van der Waals surface area (Å²) in [5.41, 5.74) is 1.93. The van der Waals surface area contributed by atoms with E-state index in [9.17, 15) is 0 Å². The average Bonchev–Trinajstić information content (AvgIpc) is 3.39. The molecule has 0 spiro atoms. The van der Waals surface area contributed by atoms with E-state index in [2.05, 4.69) is 36.3 Å². The van der Waals surface area contributed by atoms with Gasteiger partial charge in [0.15, 0.2) is 28.8 Å². The van der Waals surface area contributed by atoms with Gasteiger partial charge in [0.2, 0.25) is 0 Å². The normalized spacial score (nSPS) is 14.4. The van der Waals surface area contributed by atoms with Gasteiger partial charge in [0, 0.05) is 19.5 Å². The number of ether oxygens (including phenoxy) is 2. The van der Waals surface area contributed by atoms with Gasteiger partial charge in [-0.1, -0.05) is 6.07 Å². The first-order valence-electron chi connectivity index (χ1n) is 10.5. The number of hydrogen-bond acceptors (Lipinski definition) is 6. The minimum atomic E-state index is 0.286. The summed E-state index contributed by atoms with van der Waals surface area (Å²) in [6.07, 6.45) is 7.44. The highest BCUT2D eigenvalue weighted by Gasteiger charge is 2.21. The second-order valence-corrected chi connectivity index (χ2v) is 7.41. The molecule has 0 amide bonds. The monoisotopic (exact) mass is 395 g/mol. The SMILES string of the molecule is CCNc1ncn(CC)c2nc(Cc3ccc(OC)c(OC4CCCC4)c3)nc1-2. The van der Waals surface area contributed by atoms with E-state index < -0.39 is 0 Å². The summed E-state index contributed by atoms with van der Waals surface area (Å²) in [4.78, 5) is 14.1. The third kappa shape index (κ3) is 4.13.